The molecule has 0 N–H and O–H groups in total. The summed E-state index contributed by atoms with van der Waals surface area (Å²) in [6.45, 7) is 8.92. The summed E-state index contributed by atoms with van der Waals surface area (Å²) in [5.41, 5.74) is 7.66. The third-order valence-corrected chi connectivity index (χ3v) is 6.51. The van der Waals surface area contributed by atoms with E-state index in [9.17, 15) is 0 Å². The highest BCUT2D eigenvalue weighted by atomic mass is 16.3. The Morgan fingerprint density at radius 1 is 0.735 bits per heavy atom. The standard InChI is InChI=1S/C29H26N4O/c1-17(2)19-10-7-11-20(18(3)4)25(19)33-28(32-27-29(33)31-16-15-30-27)23-13-8-12-22-21-9-5-6-14-24(21)34-26(22)23/h5-18H,1-4H3. The van der Waals surface area contributed by atoms with Crippen molar-refractivity contribution in [3.63, 3.8) is 0 Å². The first-order valence-electron chi connectivity index (χ1n) is 11.8. The molecule has 0 bridgehead atoms. The van der Waals surface area contributed by atoms with E-state index in [0.29, 0.717) is 17.5 Å². The van der Waals surface area contributed by atoms with Gasteiger partial charge < -0.3 is 4.42 Å². The van der Waals surface area contributed by atoms with Crippen LogP contribution < -0.4 is 0 Å². The highest BCUT2D eigenvalue weighted by molar-refractivity contribution is 6.09. The Balaban J connectivity index is 1.77. The number of benzene rings is 3. The van der Waals surface area contributed by atoms with Crippen LogP contribution in [0.1, 0.15) is 50.7 Å². The van der Waals surface area contributed by atoms with Gasteiger partial charge in [0.05, 0.1) is 11.3 Å². The summed E-state index contributed by atoms with van der Waals surface area (Å²) in [6, 6.07) is 21.0. The number of aromatic nitrogens is 4. The topological polar surface area (TPSA) is 56.7 Å². The fraction of sp³-hybridized carbons (Fsp3) is 0.207. The summed E-state index contributed by atoms with van der Waals surface area (Å²) in [4.78, 5) is 14.3. The predicted octanol–water partition coefficient (Wildman–Crippen LogP) is 7.63. The lowest BCUT2D eigenvalue weighted by Crippen LogP contribution is -2.09. The molecule has 0 radical (unpaired) electrons. The minimum Gasteiger partial charge on any atom is -0.455 e. The van der Waals surface area contributed by atoms with Crippen LogP contribution >= 0.6 is 0 Å². The Morgan fingerprint density at radius 2 is 1.41 bits per heavy atom. The zero-order valence-corrected chi connectivity index (χ0v) is 19.8. The Kier molecular flexibility index (Phi) is 4.73. The first-order valence-corrected chi connectivity index (χ1v) is 11.8. The maximum Gasteiger partial charge on any atom is 0.198 e. The first kappa shape index (κ1) is 20.6. The van der Waals surface area contributed by atoms with Crippen molar-refractivity contribution in [3.8, 4) is 17.1 Å². The molecular weight excluding hydrogens is 420 g/mol. The van der Waals surface area contributed by atoms with E-state index in [2.05, 4.69) is 79.7 Å². The Hall–Kier alpha value is -3.99. The van der Waals surface area contributed by atoms with E-state index in [-0.39, 0.29) is 0 Å². The van der Waals surface area contributed by atoms with E-state index in [1.807, 2.05) is 18.2 Å². The molecule has 34 heavy (non-hydrogen) atoms. The second-order valence-corrected chi connectivity index (χ2v) is 9.35. The van der Waals surface area contributed by atoms with Gasteiger partial charge in [0.15, 0.2) is 17.1 Å². The van der Waals surface area contributed by atoms with Crippen LogP contribution in [0.5, 0.6) is 0 Å². The van der Waals surface area contributed by atoms with Gasteiger partial charge in [-0.25, -0.2) is 15.0 Å². The highest BCUT2D eigenvalue weighted by Gasteiger charge is 2.25. The molecular formula is C29H26N4O. The third kappa shape index (κ3) is 3.04. The second kappa shape index (κ2) is 7.80. The van der Waals surface area contributed by atoms with Crippen molar-refractivity contribution in [3.05, 3.63) is 84.2 Å². The van der Waals surface area contributed by atoms with Gasteiger partial charge in [-0.15, -0.1) is 0 Å². The molecule has 3 aromatic heterocycles. The minimum absolute atomic E-state index is 0.331. The third-order valence-electron chi connectivity index (χ3n) is 6.51. The number of fused-ring (bicyclic) bond motifs is 4. The summed E-state index contributed by atoms with van der Waals surface area (Å²) < 4.78 is 8.58. The van der Waals surface area contributed by atoms with E-state index in [4.69, 9.17) is 14.4 Å². The van der Waals surface area contributed by atoms with E-state index < -0.39 is 0 Å². The van der Waals surface area contributed by atoms with Gasteiger partial charge in [0.1, 0.15) is 11.2 Å². The Morgan fingerprint density at radius 3 is 2.18 bits per heavy atom. The maximum absolute atomic E-state index is 6.39. The van der Waals surface area contributed by atoms with Gasteiger partial charge in [0, 0.05) is 23.2 Å². The number of rotatable bonds is 4. The molecule has 6 aromatic rings. The molecule has 0 saturated carbocycles. The quantitative estimate of drug-likeness (QED) is 0.279. The Labute approximate surface area is 198 Å². The molecule has 5 nitrogen and oxygen atoms in total. The lowest BCUT2D eigenvalue weighted by atomic mass is 9.92. The highest BCUT2D eigenvalue weighted by Crippen LogP contribution is 2.40. The molecule has 0 amide bonds. The van der Waals surface area contributed by atoms with E-state index in [0.717, 1.165) is 44.7 Å². The van der Waals surface area contributed by atoms with Crippen molar-refractivity contribution in [1.29, 1.82) is 0 Å². The fourth-order valence-corrected chi connectivity index (χ4v) is 4.90. The normalized spacial score (nSPS) is 12.1. The van der Waals surface area contributed by atoms with Crippen LogP contribution in [0.25, 0.3) is 50.3 Å². The van der Waals surface area contributed by atoms with Crippen molar-refractivity contribution < 1.29 is 4.42 Å². The number of furan rings is 1. The molecule has 0 fully saturated rings. The van der Waals surface area contributed by atoms with Crippen molar-refractivity contribution in [2.45, 2.75) is 39.5 Å². The smallest absolute Gasteiger partial charge is 0.198 e. The van der Waals surface area contributed by atoms with Gasteiger partial charge in [-0.3, -0.25) is 4.57 Å². The Bertz CT molecular complexity index is 1650. The van der Waals surface area contributed by atoms with Crippen LogP contribution in [0.3, 0.4) is 0 Å². The van der Waals surface area contributed by atoms with Crippen LogP contribution in [0.15, 0.2) is 77.5 Å². The largest absolute Gasteiger partial charge is 0.455 e. The van der Waals surface area contributed by atoms with Gasteiger partial charge in [0.25, 0.3) is 0 Å². The monoisotopic (exact) mass is 446 g/mol. The van der Waals surface area contributed by atoms with Crippen LogP contribution in [0, 0.1) is 0 Å². The van der Waals surface area contributed by atoms with Crippen molar-refractivity contribution in [2.24, 2.45) is 0 Å². The SMILES string of the molecule is CC(C)c1cccc(C(C)C)c1-n1c(-c2cccc3c2oc2ccccc23)nc2nccnc21. The molecule has 5 heteroatoms. The molecule has 0 aliphatic carbocycles. The predicted molar refractivity (Wildman–Crippen MR) is 138 cm³/mol. The van der Waals surface area contributed by atoms with Crippen molar-refractivity contribution in [1.82, 2.24) is 19.5 Å². The average molecular weight is 447 g/mol. The summed E-state index contributed by atoms with van der Waals surface area (Å²) in [5, 5.41) is 2.18. The summed E-state index contributed by atoms with van der Waals surface area (Å²) in [5.74, 6) is 1.45. The number of hydrogen-bond acceptors (Lipinski definition) is 4. The summed E-state index contributed by atoms with van der Waals surface area (Å²) in [7, 11) is 0. The molecule has 168 valence electrons. The van der Waals surface area contributed by atoms with Crippen molar-refractivity contribution in [2.75, 3.05) is 0 Å². The maximum atomic E-state index is 6.39. The van der Waals surface area contributed by atoms with Gasteiger partial charge in [-0.2, -0.15) is 0 Å². The zero-order valence-electron chi connectivity index (χ0n) is 19.8. The van der Waals surface area contributed by atoms with E-state index in [1.165, 1.54) is 11.1 Å². The van der Waals surface area contributed by atoms with Gasteiger partial charge in [0.2, 0.25) is 0 Å². The molecule has 6 rings (SSSR count). The number of hydrogen-bond donors (Lipinski definition) is 0. The van der Waals surface area contributed by atoms with Gasteiger partial charge in [-0.05, 0) is 35.1 Å². The average Bonchev–Trinajstić information content (AvgIpc) is 3.42. The molecule has 3 heterocycles. The van der Waals surface area contributed by atoms with Crippen LogP contribution in [0.2, 0.25) is 0 Å². The minimum atomic E-state index is 0.331. The molecule has 0 saturated heterocycles. The first-order chi connectivity index (χ1) is 16.5. The van der Waals surface area contributed by atoms with Gasteiger partial charge in [-0.1, -0.05) is 76.2 Å². The lowest BCUT2D eigenvalue weighted by molar-refractivity contribution is 0.669. The van der Waals surface area contributed by atoms with Gasteiger partial charge >= 0.3 is 0 Å². The molecule has 0 unspecified atom stereocenters. The fourth-order valence-electron chi connectivity index (χ4n) is 4.90. The van der Waals surface area contributed by atoms with Crippen LogP contribution in [-0.2, 0) is 0 Å². The lowest BCUT2D eigenvalue weighted by Gasteiger charge is -2.22. The van der Waals surface area contributed by atoms with E-state index >= 15 is 0 Å². The molecule has 0 atom stereocenters. The molecule has 0 spiro atoms. The molecule has 0 aliphatic rings. The second-order valence-electron chi connectivity index (χ2n) is 9.35. The number of nitrogens with zero attached hydrogens (tertiary/aromatic N) is 4. The van der Waals surface area contributed by atoms with Crippen molar-refractivity contribution >= 4 is 33.2 Å². The van der Waals surface area contributed by atoms with Crippen LogP contribution in [-0.4, -0.2) is 19.5 Å². The molecule has 0 aliphatic heterocycles. The summed E-state index contributed by atoms with van der Waals surface area (Å²) >= 11 is 0. The zero-order chi connectivity index (χ0) is 23.4. The number of para-hydroxylation sites is 3. The number of imidazole rings is 1. The molecule has 3 aromatic carbocycles. The van der Waals surface area contributed by atoms with E-state index in [1.54, 1.807) is 12.4 Å². The van der Waals surface area contributed by atoms with Crippen LogP contribution in [0.4, 0.5) is 0 Å². The summed E-state index contributed by atoms with van der Waals surface area (Å²) in [6.07, 6.45) is 3.43.